The zero-order valence-corrected chi connectivity index (χ0v) is 10.5. The van der Waals surface area contributed by atoms with Crippen molar-refractivity contribution in [1.82, 2.24) is 0 Å². The third-order valence-electron chi connectivity index (χ3n) is 2.54. The van der Waals surface area contributed by atoms with Gasteiger partial charge in [-0.3, -0.25) is 0 Å². The number of hydrogen-bond acceptors (Lipinski definition) is 3. The molecule has 0 aliphatic heterocycles. The molecule has 0 fully saturated rings. The lowest BCUT2D eigenvalue weighted by molar-refractivity contribution is 0.305. The van der Waals surface area contributed by atoms with E-state index in [1.54, 1.807) is 12.1 Å². The van der Waals surface area contributed by atoms with E-state index in [2.05, 4.69) is 11.8 Å². The first-order valence-corrected chi connectivity index (χ1v) is 5.98. The molecule has 2 aromatic rings. The maximum Gasteiger partial charge on any atom is 0.135 e. The van der Waals surface area contributed by atoms with Crippen molar-refractivity contribution in [2.24, 2.45) is 5.73 Å². The molecule has 0 saturated heterocycles. The van der Waals surface area contributed by atoms with E-state index in [0.717, 1.165) is 16.9 Å². The first-order chi connectivity index (χ1) is 9.29. The van der Waals surface area contributed by atoms with Crippen molar-refractivity contribution in [3.8, 4) is 23.3 Å². The molecule has 96 valence electrons. The second-order valence-corrected chi connectivity index (χ2v) is 3.96. The van der Waals surface area contributed by atoms with Crippen molar-refractivity contribution >= 4 is 0 Å². The van der Waals surface area contributed by atoms with Gasteiger partial charge < -0.3 is 15.6 Å². The van der Waals surface area contributed by atoms with E-state index in [4.69, 9.17) is 10.5 Å². The van der Waals surface area contributed by atoms with Crippen molar-refractivity contribution in [2.75, 3.05) is 6.54 Å². The fraction of sp³-hybridized carbons (Fsp3) is 0.125. The molecule has 2 rings (SSSR count). The molecule has 0 amide bonds. The van der Waals surface area contributed by atoms with E-state index >= 15 is 0 Å². The number of para-hydroxylation sites is 1. The molecule has 0 unspecified atom stereocenters. The first kappa shape index (κ1) is 13.0. The first-order valence-electron chi connectivity index (χ1n) is 5.98. The van der Waals surface area contributed by atoms with Gasteiger partial charge in [0.1, 0.15) is 18.1 Å². The van der Waals surface area contributed by atoms with Gasteiger partial charge in [0.15, 0.2) is 0 Å². The maximum absolute atomic E-state index is 9.21. The van der Waals surface area contributed by atoms with Gasteiger partial charge in [-0.25, -0.2) is 0 Å². The molecule has 0 spiro atoms. The van der Waals surface area contributed by atoms with Crippen LogP contribution in [0.5, 0.6) is 11.5 Å². The molecule has 0 bridgehead atoms. The lowest BCUT2D eigenvalue weighted by Crippen LogP contribution is -1.97. The van der Waals surface area contributed by atoms with E-state index < -0.39 is 0 Å². The summed E-state index contributed by atoms with van der Waals surface area (Å²) in [6, 6.07) is 14.5. The molecule has 0 aliphatic rings. The summed E-state index contributed by atoms with van der Waals surface area (Å²) < 4.78 is 5.74. The Kier molecular flexibility index (Phi) is 4.44. The Bertz CT molecular complexity index is 594. The normalized spacial score (nSPS) is 9.53. The minimum atomic E-state index is 0.248. The number of aromatic hydroxyl groups is 1. The van der Waals surface area contributed by atoms with E-state index in [-0.39, 0.29) is 5.75 Å². The minimum Gasteiger partial charge on any atom is -0.508 e. The smallest absolute Gasteiger partial charge is 0.135 e. The zero-order valence-electron chi connectivity index (χ0n) is 10.5. The standard InChI is InChI=1S/C16H15NO2/c17-11-3-5-14-4-1-2-6-16(14)19-12-13-7-9-15(18)10-8-13/h1-2,4,6-10,18H,11-12,17H2. The third kappa shape index (κ3) is 3.77. The number of phenols is 1. The SMILES string of the molecule is NCC#Cc1ccccc1OCc1ccc(O)cc1. The maximum atomic E-state index is 9.21. The molecular weight excluding hydrogens is 238 g/mol. The summed E-state index contributed by atoms with van der Waals surface area (Å²) >= 11 is 0. The molecular formula is C16H15NO2. The van der Waals surface area contributed by atoms with E-state index in [9.17, 15) is 5.11 Å². The Balaban J connectivity index is 2.09. The van der Waals surface area contributed by atoms with Crippen LogP contribution >= 0.6 is 0 Å². The van der Waals surface area contributed by atoms with Crippen molar-refractivity contribution in [3.05, 3.63) is 59.7 Å². The fourth-order valence-corrected chi connectivity index (χ4v) is 1.60. The highest BCUT2D eigenvalue weighted by atomic mass is 16.5. The van der Waals surface area contributed by atoms with Crippen LogP contribution in [0.3, 0.4) is 0 Å². The number of phenolic OH excluding ortho intramolecular Hbond substituents is 1. The van der Waals surface area contributed by atoms with Crippen LogP contribution in [-0.2, 0) is 6.61 Å². The second-order valence-electron chi connectivity index (χ2n) is 3.96. The minimum absolute atomic E-state index is 0.248. The van der Waals surface area contributed by atoms with Gasteiger partial charge in [-0.15, -0.1) is 0 Å². The lowest BCUT2D eigenvalue weighted by atomic mass is 10.2. The number of benzene rings is 2. The average Bonchev–Trinajstić information content (AvgIpc) is 2.45. The van der Waals surface area contributed by atoms with E-state index in [0.29, 0.717) is 13.2 Å². The van der Waals surface area contributed by atoms with Gasteiger partial charge in [0.05, 0.1) is 12.1 Å². The highest BCUT2D eigenvalue weighted by Gasteiger charge is 2.01. The van der Waals surface area contributed by atoms with E-state index in [1.807, 2.05) is 36.4 Å². The van der Waals surface area contributed by atoms with Crippen LogP contribution in [0.2, 0.25) is 0 Å². The van der Waals surface area contributed by atoms with Gasteiger partial charge in [-0.2, -0.15) is 0 Å². The third-order valence-corrected chi connectivity index (χ3v) is 2.54. The summed E-state index contributed by atoms with van der Waals surface area (Å²) in [5.41, 5.74) is 7.18. The monoisotopic (exact) mass is 253 g/mol. The van der Waals surface area contributed by atoms with Gasteiger partial charge in [0, 0.05) is 0 Å². The second kappa shape index (κ2) is 6.48. The summed E-state index contributed by atoms with van der Waals surface area (Å²) in [4.78, 5) is 0. The summed E-state index contributed by atoms with van der Waals surface area (Å²) in [5, 5.41) is 9.21. The van der Waals surface area contributed by atoms with Gasteiger partial charge >= 0.3 is 0 Å². The molecule has 19 heavy (non-hydrogen) atoms. The highest BCUT2D eigenvalue weighted by molar-refractivity contribution is 5.46. The molecule has 0 radical (unpaired) electrons. The molecule has 0 aliphatic carbocycles. The predicted molar refractivity (Wildman–Crippen MR) is 74.8 cm³/mol. The van der Waals surface area contributed by atoms with Crippen LogP contribution in [0.1, 0.15) is 11.1 Å². The molecule has 0 saturated carbocycles. The van der Waals surface area contributed by atoms with Crippen LogP contribution in [0.4, 0.5) is 0 Å². The average molecular weight is 253 g/mol. The van der Waals surface area contributed by atoms with Crippen LogP contribution in [0.15, 0.2) is 48.5 Å². The highest BCUT2D eigenvalue weighted by Crippen LogP contribution is 2.19. The molecule has 3 N–H and O–H groups in total. The summed E-state index contributed by atoms with van der Waals surface area (Å²) in [6.07, 6.45) is 0. The quantitative estimate of drug-likeness (QED) is 0.825. The van der Waals surface area contributed by atoms with Crippen molar-refractivity contribution < 1.29 is 9.84 Å². The van der Waals surface area contributed by atoms with Crippen LogP contribution in [0.25, 0.3) is 0 Å². The number of rotatable bonds is 3. The molecule has 3 heteroatoms. The predicted octanol–water partition coefficient (Wildman–Crippen LogP) is 2.28. The van der Waals surface area contributed by atoms with Gasteiger partial charge in [-0.1, -0.05) is 36.1 Å². The van der Waals surface area contributed by atoms with Crippen molar-refractivity contribution in [3.63, 3.8) is 0 Å². The van der Waals surface area contributed by atoms with Gasteiger partial charge in [0.25, 0.3) is 0 Å². The lowest BCUT2D eigenvalue weighted by Gasteiger charge is -2.08. The van der Waals surface area contributed by atoms with E-state index in [1.165, 1.54) is 0 Å². The zero-order chi connectivity index (χ0) is 13.5. The number of hydrogen-bond donors (Lipinski definition) is 2. The molecule has 0 aromatic heterocycles. The van der Waals surface area contributed by atoms with Crippen molar-refractivity contribution in [2.45, 2.75) is 6.61 Å². The van der Waals surface area contributed by atoms with Crippen LogP contribution in [0, 0.1) is 11.8 Å². The Morgan fingerprint density at radius 3 is 2.53 bits per heavy atom. The molecule has 0 heterocycles. The largest absolute Gasteiger partial charge is 0.508 e. The summed E-state index contributed by atoms with van der Waals surface area (Å²) in [7, 11) is 0. The Morgan fingerprint density at radius 2 is 1.79 bits per heavy atom. The topological polar surface area (TPSA) is 55.5 Å². The van der Waals surface area contributed by atoms with Gasteiger partial charge in [-0.05, 0) is 29.8 Å². The number of nitrogens with two attached hydrogens (primary N) is 1. The summed E-state index contributed by atoms with van der Waals surface area (Å²) in [5.74, 6) is 6.77. The summed E-state index contributed by atoms with van der Waals surface area (Å²) in [6.45, 7) is 0.758. The van der Waals surface area contributed by atoms with Crippen LogP contribution in [-0.4, -0.2) is 11.7 Å². The number of ether oxygens (including phenoxy) is 1. The van der Waals surface area contributed by atoms with Gasteiger partial charge in [0.2, 0.25) is 0 Å². The molecule has 0 atom stereocenters. The molecule has 3 nitrogen and oxygen atoms in total. The van der Waals surface area contributed by atoms with Crippen LogP contribution < -0.4 is 10.5 Å². The Labute approximate surface area is 112 Å². The molecule has 2 aromatic carbocycles. The van der Waals surface area contributed by atoms with Crippen molar-refractivity contribution in [1.29, 1.82) is 0 Å². The fourth-order valence-electron chi connectivity index (χ4n) is 1.60. The Hall–Kier alpha value is -2.44. The Morgan fingerprint density at radius 1 is 1.05 bits per heavy atom.